The summed E-state index contributed by atoms with van der Waals surface area (Å²) in [5.41, 5.74) is 6.61. The molecule has 2 amide bonds. The highest BCUT2D eigenvalue weighted by Crippen LogP contribution is 2.31. The maximum atomic E-state index is 13.3. The zero-order valence-corrected chi connectivity index (χ0v) is 23.7. The molecule has 2 aliphatic heterocycles. The summed E-state index contributed by atoms with van der Waals surface area (Å²) in [4.78, 5) is 52.7. The highest BCUT2D eigenvalue weighted by atomic mass is 32.2. The molecule has 1 aromatic rings. The summed E-state index contributed by atoms with van der Waals surface area (Å²) in [6, 6.07) is 6.43. The molecule has 0 aromatic heterocycles. The predicted octanol–water partition coefficient (Wildman–Crippen LogP) is 0.962. The van der Waals surface area contributed by atoms with E-state index in [0.717, 1.165) is 7.11 Å². The van der Waals surface area contributed by atoms with Crippen molar-refractivity contribution in [3.8, 4) is 0 Å². The lowest BCUT2D eigenvalue weighted by atomic mass is 9.80. The lowest BCUT2D eigenvalue weighted by molar-refractivity contribution is -0.154. The van der Waals surface area contributed by atoms with Crippen molar-refractivity contribution in [2.45, 2.75) is 82.3 Å². The van der Waals surface area contributed by atoms with Crippen molar-refractivity contribution >= 4 is 33.6 Å². The fraction of sp³-hybridized carbons (Fsp3) is 0.630. The first-order valence-corrected chi connectivity index (χ1v) is 15.2. The van der Waals surface area contributed by atoms with E-state index in [4.69, 9.17) is 5.73 Å². The highest BCUT2D eigenvalue weighted by molar-refractivity contribution is 7.88. The monoisotopic (exact) mass is 564 g/mol. The second-order valence-electron chi connectivity index (χ2n) is 10.1. The Bertz CT molecular complexity index is 1140. The van der Waals surface area contributed by atoms with E-state index in [2.05, 4.69) is 10.1 Å². The van der Waals surface area contributed by atoms with E-state index in [1.54, 1.807) is 30.3 Å². The van der Waals surface area contributed by atoms with Crippen LogP contribution < -0.4 is 11.1 Å². The summed E-state index contributed by atoms with van der Waals surface area (Å²) >= 11 is 0. The van der Waals surface area contributed by atoms with Crippen LogP contribution in [-0.4, -0.2) is 85.6 Å². The Morgan fingerprint density at radius 1 is 1.05 bits per heavy atom. The zero-order chi connectivity index (χ0) is 28.7. The topological polar surface area (TPSA) is 156 Å². The van der Waals surface area contributed by atoms with Gasteiger partial charge in [0.05, 0.1) is 19.4 Å². The number of benzene rings is 1. The Hall–Kier alpha value is -2.83. The first-order chi connectivity index (χ1) is 18.6. The lowest BCUT2D eigenvalue weighted by Crippen LogP contribution is -2.61. The minimum absolute atomic E-state index is 0.0171. The van der Waals surface area contributed by atoms with Crippen LogP contribution in [0.1, 0.15) is 57.9 Å². The summed E-state index contributed by atoms with van der Waals surface area (Å²) in [6.45, 7) is 3.76. The number of amides is 2. The average Bonchev–Trinajstić information content (AvgIpc) is 3.38. The lowest BCUT2D eigenvalue weighted by Gasteiger charge is -2.39. The maximum Gasteiger partial charge on any atom is 0.376 e. The fourth-order valence-electron chi connectivity index (χ4n) is 5.67. The molecule has 3 unspecified atom stereocenters. The molecule has 4 rings (SSSR count). The van der Waals surface area contributed by atoms with Gasteiger partial charge in [0.2, 0.25) is 21.8 Å². The standard InChI is InChI=1S/C25H34N4O7S.C2H6/c1-36-25(33)23(31)22(17-7-9-18(26)10-8-17)27-24(32)20-12-11-19-13-28(14-21(30)29(19)20)37(34,35)15-16-5-3-2-4-6-16;1-2/h2-6,17-20,22H,7-15,26H2,1H3,(H,27,32);1-2H3. The molecule has 216 valence electrons. The molecule has 1 aromatic carbocycles. The second-order valence-corrected chi connectivity index (χ2v) is 12.1. The molecule has 1 aliphatic carbocycles. The average molecular weight is 565 g/mol. The van der Waals surface area contributed by atoms with Gasteiger partial charge in [0.25, 0.3) is 5.78 Å². The molecule has 3 aliphatic rings. The minimum atomic E-state index is -3.73. The maximum absolute atomic E-state index is 13.3. The van der Waals surface area contributed by atoms with Gasteiger partial charge >= 0.3 is 5.97 Å². The number of hydrogen-bond acceptors (Lipinski definition) is 8. The van der Waals surface area contributed by atoms with Crippen molar-refractivity contribution < 1.29 is 32.3 Å². The van der Waals surface area contributed by atoms with Crippen LogP contribution in [0.5, 0.6) is 0 Å². The van der Waals surface area contributed by atoms with Gasteiger partial charge in [-0.25, -0.2) is 13.2 Å². The number of esters is 1. The molecule has 3 atom stereocenters. The molecule has 0 radical (unpaired) electrons. The molecule has 39 heavy (non-hydrogen) atoms. The van der Waals surface area contributed by atoms with Crippen LogP contribution in [0, 0.1) is 5.92 Å². The highest BCUT2D eigenvalue weighted by Gasteiger charge is 2.48. The van der Waals surface area contributed by atoms with Gasteiger partial charge in [0, 0.05) is 18.6 Å². The molecule has 3 N–H and O–H groups in total. The van der Waals surface area contributed by atoms with E-state index in [-0.39, 0.29) is 30.8 Å². The van der Waals surface area contributed by atoms with Crippen LogP contribution in [0.2, 0.25) is 0 Å². The number of nitrogens with zero attached hydrogens (tertiary/aromatic N) is 2. The van der Waals surface area contributed by atoms with Gasteiger partial charge in [0.1, 0.15) is 12.1 Å². The number of sulfonamides is 1. The van der Waals surface area contributed by atoms with Gasteiger partial charge in [-0.2, -0.15) is 4.31 Å². The van der Waals surface area contributed by atoms with E-state index < -0.39 is 51.7 Å². The van der Waals surface area contributed by atoms with Crippen molar-refractivity contribution in [3.05, 3.63) is 35.9 Å². The quantitative estimate of drug-likeness (QED) is 0.349. The van der Waals surface area contributed by atoms with Gasteiger partial charge < -0.3 is 20.7 Å². The molecule has 0 spiro atoms. The van der Waals surface area contributed by atoms with Crippen LogP contribution in [0.4, 0.5) is 0 Å². The Kier molecular flexibility index (Phi) is 10.6. The summed E-state index contributed by atoms with van der Waals surface area (Å²) in [6.07, 6.45) is 3.31. The molecule has 11 nitrogen and oxygen atoms in total. The molecule has 2 heterocycles. The van der Waals surface area contributed by atoms with Crippen LogP contribution in [0.15, 0.2) is 30.3 Å². The normalized spacial score (nSPS) is 26.1. The van der Waals surface area contributed by atoms with E-state index in [1.807, 2.05) is 13.8 Å². The second kappa shape index (κ2) is 13.5. The summed E-state index contributed by atoms with van der Waals surface area (Å²) in [7, 11) is -2.62. The number of ether oxygens (including phenoxy) is 1. The van der Waals surface area contributed by atoms with Crippen LogP contribution in [0.25, 0.3) is 0 Å². The molecule has 2 saturated heterocycles. The largest absolute Gasteiger partial charge is 0.463 e. The third-order valence-corrected chi connectivity index (χ3v) is 9.42. The number of piperazine rings is 1. The van der Waals surface area contributed by atoms with Gasteiger partial charge in [-0.3, -0.25) is 14.4 Å². The van der Waals surface area contributed by atoms with E-state index in [0.29, 0.717) is 44.1 Å². The molecular formula is C27H40N4O7S. The Labute approximate surface area is 230 Å². The predicted molar refractivity (Wildman–Crippen MR) is 145 cm³/mol. The van der Waals surface area contributed by atoms with Crippen molar-refractivity contribution in [2.75, 3.05) is 20.2 Å². The number of nitrogens with two attached hydrogens (primary N) is 1. The fourth-order valence-corrected chi connectivity index (χ4v) is 7.17. The third kappa shape index (κ3) is 7.23. The van der Waals surface area contributed by atoms with Gasteiger partial charge in [-0.1, -0.05) is 44.2 Å². The smallest absolute Gasteiger partial charge is 0.376 e. The summed E-state index contributed by atoms with van der Waals surface area (Å²) in [5.74, 6) is -3.30. The summed E-state index contributed by atoms with van der Waals surface area (Å²) < 4.78 is 31.8. The number of carbonyl (C=O) groups is 4. The van der Waals surface area contributed by atoms with E-state index >= 15 is 0 Å². The summed E-state index contributed by atoms with van der Waals surface area (Å²) in [5, 5.41) is 2.73. The Morgan fingerprint density at radius 3 is 2.31 bits per heavy atom. The number of ketones is 1. The van der Waals surface area contributed by atoms with Gasteiger partial charge in [0.15, 0.2) is 0 Å². The number of Topliss-reactive ketones (excluding diaryl/α,β-unsaturated/α-hetero) is 1. The van der Waals surface area contributed by atoms with Crippen LogP contribution in [0.3, 0.4) is 0 Å². The number of hydrogen-bond donors (Lipinski definition) is 2. The zero-order valence-electron chi connectivity index (χ0n) is 22.9. The number of carbonyl (C=O) groups excluding carboxylic acids is 4. The molecule has 3 fully saturated rings. The number of nitrogens with one attached hydrogen (secondary N) is 1. The van der Waals surface area contributed by atoms with Crippen molar-refractivity contribution in [2.24, 2.45) is 11.7 Å². The number of fused-ring (bicyclic) bond motifs is 1. The van der Waals surface area contributed by atoms with Gasteiger partial charge in [-0.05, 0) is 50.0 Å². The van der Waals surface area contributed by atoms with Crippen LogP contribution >= 0.6 is 0 Å². The SMILES string of the molecule is CC.COC(=O)C(=O)C(NC(=O)C1CCC2CN(S(=O)(=O)Cc3ccccc3)CC(=O)N21)C1CCC(N)CC1. The van der Waals surface area contributed by atoms with Crippen molar-refractivity contribution in [3.63, 3.8) is 0 Å². The minimum Gasteiger partial charge on any atom is -0.463 e. The Balaban J connectivity index is 0.00000205. The molecular weight excluding hydrogens is 524 g/mol. The van der Waals surface area contributed by atoms with Gasteiger partial charge in [-0.15, -0.1) is 0 Å². The molecule has 1 saturated carbocycles. The molecule has 0 bridgehead atoms. The number of methoxy groups -OCH3 is 1. The van der Waals surface area contributed by atoms with Crippen molar-refractivity contribution in [1.29, 1.82) is 0 Å². The first kappa shape index (κ1) is 30.7. The van der Waals surface area contributed by atoms with Crippen LogP contribution in [-0.2, 0) is 39.7 Å². The first-order valence-electron chi connectivity index (χ1n) is 13.6. The van der Waals surface area contributed by atoms with Crippen molar-refractivity contribution in [1.82, 2.24) is 14.5 Å². The third-order valence-electron chi connectivity index (χ3n) is 7.66. The number of rotatable bonds is 8. The Morgan fingerprint density at radius 2 is 1.69 bits per heavy atom. The van der Waals surface area contributed by atoms with E-state index in [9.17, 15) is 27.6 Å². The molecule has 12 heteroatoms. The van der Waals surface area contributed by atoms with E-state index in [1.165, 1.54) is 9.21 Å².